The minimum absolute atomic E-state index is 0.726. The van der Waals surface area contributed by atoms with Crippen LogP contribution in [0, 0.1) is 22.7 Å². The van der Waals surface area contributed by atoms with Crippen molar-refractivity contribution in [2.45, 2.75) is 52.4 Å². The Balaban J connectivity index is 1.98. The van der Waals surface area contributed by atoms with Crippen LogP contribution in [0.25, 0.3) is 0 Å². The molecule has 0 saturated heterocycles. The van der Waals surface area contributed by atoms with Crippen LogP contribution in [0.15, 0.2) is 0 Å². The molecule has 0 aliphatic heterocycles. The summed E-state index contributed by atoms with van der Waals surface area (Å²) in [5.41, 5.74) is 1.45. The lowest BCUT2D eigenvalue weighted by atomic mass is 9.45. The molecule has 1 unspecified atom stereocenters. The summed E-state index contributed by atoms with van der Waals surface area (Å²) >= 11 is 0. The molecule has 4 rings (SSSR count). The highest BCUT2D eigenvalue weighted by Crippen LogP contribution is 2.65. The zero-order chi connectivity index (χ0) is 8.40. The fraction of sp³-hybridized carbons (Fsp3) is 0.917. The van der Waals surface area contributed by atoms with Gasteiger partial charge >= 0.3 is 0 Å². The molecule has 4 saturated carbocycles. The minimum atomic E-state index is 0.726. The summed E-state index contributed by atoms with van der Waals surface area (Å²) in [6.07, 6.45) is 9.02. The average molecular weight is 163 g/mol. The average Bonchev–Trinajstić information content (AvgIpc) is 1.75. The second-order valence-corrected chi connectivity index (χ2v) is 6.38. The molecular weight excluding hydrogens is 144 g/mol. The first-order chi connectivity index (χ1) is 5.57. The lowest BCUT2D eigenvalue weighted by molar-refractivity contribution is -0.0372. The van der Waals surface area contributed by atoms with Crippen molar-refractivity contribution >= 4 is 0 Å². The molecule has 0 nitrogen and oxygen atoms in total. The molecule has 0 aromatic rings. The van der Waals surface area contributed by atoms with E-state index in [-0.39, 0.29) is 0 Å². The standard InChI is InChI=1S/C12H19/c1-11-4-9-3-10(5-11)7-12(2,6-9)8-11/h9H,3-8H2,1-2H3/t9?,11-,12+. The van der Waals surface area contributed by atoms with E-state index in [2.05, 4.69) is 13.8 Å². The van der Waals surface area contributed by atoms with Gasteiger partial charge in [0.25, 0.3) is 0 Å². The fourth-order valence-corrected chi connectivity index (χ4v) is 4.88. The summed E-state index contributed by atoms with van der Waals surface area (Å²) < 4.78 is 0. The molecule has 3 atom stereocenters. The van der Waals surface area contributed by atoms with Crippen molar-refractivity contribution in [1.29, 1.82) is 0 Å². The zero-order valence-electron chi connectivity index (χ0n) is 8.32. The van der Waals surface area contributed by atoms with Gasteiger partial charge in [0.2, 0.25) is 0 Å². The molecule has 0 aromatic carbocycles. The molecular formula is C12H19. The fourth-order valence-electron chi connectivity index (χ4n) is 4.88. The van der Waals surface area contributed by atoms with E-state index in [0.717, 1.165) is 16.7 Å². The van der Waals surface area contributed by atoms with Crippen molar-refractivity contribution < 1.29 is 0 Å². The molecule has 0 N–H and O–H groups in total. The first-order valence-corrected chi connectivity index (χ1v) is 5.41. The molecule has 67 valence electrons. The second kappa shape index (κ2) is 1.91. The Hall–Kier alpha value is 0. The SMILES string of the molecule is C[C@]12C[C]3CC(C1)C[C@@](C)(C3)C2. The van der Waals surface area contributed by atoms with E-state index in [4.69, 9.17) is 0 Å². The van der Waals surface area contributed by atoms with E-state index in [0.29, 0.717) is 0 Å². The van der Waals surface area contributed by atoms with E-state index in [9.17, 15) is 0 Å². The Morgan fingerprint density at radius 2 is 1.67 bits per heavy atom. The highest BCUT2D eigenvalue weighted by molar-refractivity contribution is 5.16. The first kappa shape index (κ1) is 7.41. The van der Waals surface area contributed by atoms with Gasteiger partial charge in [0.15, 0.2) is 0 Å². The maximum absolute atomic E-state index is 2.52. The monoisotopic (exact) mass is 163 g/mol. The molecule has 0 heteroatoms. The molecule has 4 aliphatic rings. The first-order valence-electron chi connectivity index (χ1n) is 5.41. The van der Waals surface area contributed by atoms with E-state index in [1.54, 1.807) is 0 Å². The van der Waals surface area contributed by atoms with E-state index < -0.39 is 0 Å². The summed E-state index contributed by atoms with van der Waals surface area (Å²) in [5, 5.41) is 0. The Labute approximate surface area is 75.7 Å². The van der Waals surface area contributed by atoms with Gasteiger partial charge in [-0.05, 0) is 61.2 Å². The van der Waals surface area contributed by atoms with Gasteiger partial charge in [-0.3, -0.25) is 0 Å². The van der Waals surface area contributed by atoms with E-state index >= 15 is 0 Å². The number of hydrogen-bond acceptors (Lipinski definition) is 0. The van der Waals surface area contributed by atoms with Gasteiger partial charge in [-0.15, -0.1) is 0 Å². The molecule has 1 radical (unpaired) electrons. The smallest absolute Gasteiger partial charge is 0.0227 e. The third-order valence-electron chi connectivity index (χ3n) is 4.35. The quantitative estimate of drug-likeness (QED) is 0.512. The van der Waals surface area contributed by atoms with Gasteiger partial charge < -0.3 is 0 Å². The molecule has 4 bridgehead atoms. The maximum Gasteiger partial charge on any atom is -0.0227 e. The maximum atomic E-state index is 2.52. The van der Waals surface area contributed by atoms with Crippen LogP contribution in [0.2, 0.25) is 0 Å². The van der Waals surface area contributed by atoms with Crippen molar-refractivity contribution in [2.24, 2.45) is 16.7 Å². The van der Waals surface area contributed by atoms with Crippen molar-refractivity contribution in [3.63, 3.8) is 0 Å². The number of hydrogen-bond donors (Lipinski definition) is 0. The van der Waals surface area contributed by atoms with Gasteiger partial charge in [-0.2, -0.15) is 0 Å². The molecule has 4 aliphatic carbocycles. The van der Waals surface area contributed by atoms with Crippen molar-refractivity contribution in [2.75, 3.05) is 0 Å². The van der Waals surface area contributed by atoms with Crippen LogP contribution in [0.4, 0.5) is 0 Å². The summed E-state index contributed by atoms with van der Waals surface area (Å²) in [7, 11) is 0. The van der Waals surface area contributed by atoms with E-state index in [1.165, 1.54) is 38.5 Å². The third-order valence-corrected chi connectivity index (χ3v) is 4.35. The predicted octanol–water partition coefficient (Wildman–Crippen LogP) is 3.57. The van der Waals surface area contributed by atoms with Gasteiger partial charge in [0.05, 0.1) is 0 Å². The van der Waals surface area contributed by atoms with Crippen LogP contribution in [-0.4, -0.2) is 0 Å². The van der Waals surface area contributed by atoms with Crippen molar-refractivity contribution in [3.8, 4) is 0 Å². The number of rotatable bonds is 0. The van der Waals surface area contributed by atoms with Gasteiger partial charge in [-0.25, -0.2) is 0 Å². The lowest BCUT2D eigenvalue weighted by Gasteiger charge is -2.60. The van der Waals surface area contributed by atoms with E-state index in [1.807, 2.05) is 5.92 Å². The Bertz CT molecular complexity index is 182. The topological polar surface area (TPSA) is 0 Å². The van der Waals surface area contributed by atoms with Crippen molar-refractivity contribution in [1.82, 2.24) is 0 Å². The van der Waals surface area contributed by atoms with Gasteiger partial charge in [0.1, 0.15) is 0 Å². The highest BCUT2D eigenvalue weighted by Gasteiger charge is 2.53. The Morgan fingerprint density at radius 1 is 1.08 bits per heavy atom. The minimum Gasteiger partial charge on any atom is -0.0596 e. The summed E-state index contributed by atoms with van der Waals surface area (Å²) in [6.45, 7) is 5.05. The highest BCUT2D eigenvalue weighted by atomic mass is 14.6. The lowest BCUT2D eigenvalue weighted by Crippen LogP contribution is -2.48. The zero-order valence-corrected chi connectivity index (χ0v) is 8.32. The molecule has 0 aromatic heterocycles. The Morgan fingerprint density at radius 3 is 2.08 bits per heavy atom. The van der Waals surface area contributed by atoms with Crippen LogP contribution in [0.3, 0.4) is 0 Å². The van der Waals surface area contributed by atoms with Crippen LogP contribution < -0.4 is 0 Å². The molecule has 0 heterocycles. The third kappa shape index (κ3) is 0.900. The molecule has 0 spiro atoms. The summed E-state index contributed by atoms with van der Waals surface area (Å²) in [6, 6.07) is 0. The van der Waals surface area contributed by atoms with Gasteiger partial charge in [-0.1, -0.05) is 13.8 Å². The summed E-state index contributed by atoms with van der Waals surface area (Å²) in [5.74, 6) is 2.99. The molecule has 12 heavy (non-hydrogen) atoms. The van der Waals surface area contributed by atoms with Crippen LogP contribution >= 0.6 is 0 Å². The van der Waals surface area contributed by atoms with Crippen LogP contribution in [0.5, 0.6) is 0 Å². The molecule has 4 fully saturated rings. The van der Waals surface area contributed by atoms with Crippen molar-refractivity contribution in [3.05, 3.63) is 5.92 Å². The normalized spacial score (nSPS) is 58.0. The Kier molecular flexibility index (Phi) is 1.18. The second-order valence-electron chi connectivity index (χ2n) is 6.38. The summed E-state index contributed by atoms with van der Waals surface area (Å²) in [4.78, 5) is 0. The predicted molar refractivity (Wildman–Crippen MR) is 50.6 cm³/mol. The van der Waals surface area contributed by atoms with Crippen LogP contribution in [0.1, 0.15) is 52.4 Å². The van der Waals surface area contributed by atoms with Gasteiger partial charge in [0, 0.05) is 0 Å². The largest absolute Gasteiger partial charge is 0.0596 e. The molecule has 0 amide bonds. The van der Waals surface area contributed by atoms with Crippen LogP contribution in [-0.2, 0) is 0 Å².